The summed E-state index contributed by atoms with van der Waals surface area (Å²) < 4.78 is 4.98. The molecule has 0 aliphatic carbocycles. The van der Waals surface area contributed by atoms with Gasteiger partial charge in [-0.1, -0.05) is 11.6 Å². The zero-order valence-electron chi connectivity index (χ0n) is 12.3. The highest BCUT2D eigenvalue weighted by atomic mass is 32.2. The van der Waals surface area contributed by atoms with Crippen LogP contribution in [0.1, 0.15) is 23.7 Å². The predicted molar refractivity (Wildman–Crippen MR) is 83.3 cm³/mol. The van der Waals surface area contributed by atoms with Gasteiger partial charge in [-0.3, -0.25) is 9.78 Å². The monoisotopic (exact) mass is 289 g/mol. The third-order valence-electron chi connectivity index (χ3n) is 2.99. The lowest BCUT2D eigenvalue weighted by atomic mass is 10.1. The first-order valence-electron chi connectivity index (χ1n) is 6.68. The third kappa shape index (κ3) is 3.31. The topological polar surface area (TPSA) is 39.2 Å². The zero-order valence-corrected chi connectivity index (χ0v) is 13.1. The fraction of sp³-hybridized carbons (Fsp3) is 0.375. The summed E-state index contributed by atoms with van der Waals surface area (Å²) in [7, 11) is 0. The van der Waals surface area contributed by atoms with Gasteiger partial charge < -0.3 is 4.74 Å². The third-order valence-corrected chi connectivity index (χ3v) is 4.02. The van der Waals surface area contributed by atoms with Crippen molar-refractivity contribution in [2.24, 2.45) is 0 Å². The van der Waals surface area contributed by atoms with Crippen LogP contribution >= 0.6 is 11.8 Å². The molecule has 1 heterocycles. The van der Waals surface area contributed by atoms with E-state index in [0.717, 1.165) is 21.5 Å². The maximum atomic E-state index is 11.5. The van der Waals surface area contributed by atoms with E-state index in [2.05, 4.69) is 31.0 Å². The molecule has 2 rings (SSSR count). The van der Waals surface area contributed by atoms with Crippen LogP contribution in [-0.2, 0) is 9.53 Å². The largest absolute Gasteiger partial charge is 0.465 e. The van der Waals surface area contributed by atoms with Crippen molar-refractivity contribution < 1.29 is 9.53 Å². The number of carbonyl (C=O) groups is 1. The quantitative estimate of drug-likeness (QED) is 0.633. The molecular weight excluding hydrogens is 270 g/mol. The van der Waals surface area contributed by atoms with E-state index in [9.17, 15) is 4.79 Å². The van der Waals surface area contributed by atoms with E-state index >= 15 is 0 Å². The molecule has 0 atom stereocenters. The second-order valence-electron chi connectivity index (χ2n) is 4.83. The van der Waals surface area contributed by atoms with Gasteiger partial charge in [0.25, 0.3) is 0 Å². The molecule has 1 aromatic carbocycles. The Balaban J connectivity index is 2.39. The second kappa shape index (κ2) is 6.27. The van der Waals surface area contributed by atoms with Gasteiger partial charge in [0.15, 0.2) is 0 Å². The van der Waals surface area contributed by atoms with E-state index in [4.69, 9.17) is 4.74 Å². The maximum Gasteiger partial charge on any atom is 0.316 e. The Morgan fingerprint density at radius 3 is 2.70 bits per heavy atom. The van der Waals surface area contributed by atoms with Crippen LogP contribution in [0, 0.1) is 20.8 Å². The number of aryl methyl sites for hydroxylation is 3. The van der Waals surface area contributed by atoms with E-state index in [0.29, 0.717) is 12.4 Å². The predicted octanol–water partition coefficient (Wildman–Crippen LogP) is 3.82. The van der Waals surface area contributed by atoms with Crippen molar-refractivity contribution in [3.63, 3.8) is 0 Å². The molecule has 3 nitrogen and oxygen atoms in total. The fourth-order valence-corrected chi connectivity index (χ4v) is 3.15. The Morgan fingerprint density at radius 1 is 1.25 bits per heavy atom. The van der Waals surface area contributed by atoms with Gasteiger partial charge in [0.2, 0.25) is 0 Å². The van der Waals surface area contributed by atoms with Crippen LogP contribution in [0.3, 0.4) is 0 Å². The number of hydrogen-bond donors (Lipinski definition) is 0. The summed E-state index contributed by atoms with van der Waals surface area (Å²) >= 11 is 1.51. The van der Waals surface area contributed by atoms with Gasteiger partial charge in [0, 0.05) is 16.0 Å². The lowest BCUT2D eigenvalue weighted by Crippen LogP contribution is -2.06. The number of rotatable bonds is 4. The minimum Gasteiger partial charge on any atom is -0.465 e. The Labute approximate surface area is 123 Å². The van der Waals surface area contributed by atoms with Crippen molar-refractivity contribution in [1.82, 2.24) is 4.98 Å². The first kappa shape index (κ1) is 14.9. The van der Waals surface area contributed by atoms with Gasteiger partial charge in [-0.25, -0.2) is 0 Å². The van der Waals surface area contributed by atoms with Crippen LogP contribution < -0.4 is 0 Å². The fourth-order valence-electron chi connectivity index (χ4n) is 2.23. The molecule has 0 aliphatic rings. The van der Waals surface area contributed by atoms with E-state index in [-0.39, 0.29) is 5.97 Å². The number of benzene rings is 1. The zero-order chi connectivity index (χ0) is 14.7. The molecule has 20 heavy (non-hydrogen) atoms. The van der Waals surface area contributed by atoms with Crippen molar-refractivity contribution in [3.8, 4) is 0 Å². The van der Waals surface area contributed by atoms with Crippen LogP contribution in [0.5, 0.6) is 0 Å². The van der Waals surface area contributed by atoms with Gasteiger partial charge in [-0.05, 0) is 45.4 Å². The number of thioether (sulfide) groups is 1. The van der Waals surface area contributed by atoms with Gasteiger partial charge >= 0.3 is 5.97 Å². The molecule has 0 bridgehead atoms. The highest BCUT2D eigenvalue weighted by Gasteiger charge is 2.10. The van der Waals surface area contributed by atoms with E-state index in [1.165, 1.54) is 22.9 Å². The summed E-state index contributed by atoms with van der Waals surface area (Å²) in [6.45, 7) is 8.37. The summed E-state index contributed by atoms with van der Waals surface area (Å²) in [5.74, 6) is 0.156. The van der Waals surface area contributed by atoms with Crippen molar-refractivity contribution in [1.29, 1.82) is 0 Å². The summed E-state index contributed by atoms with van der Waals surface area (Å²) in [6, 6.07) is 6.29. The molecule has 0 aliphatic heterocycles. The molecule has 106 valence electrons. The van der Waals surface area contributed by atoms with E-state index < -0.39 is 0 Å². The summed E-state index contributed by atoms with van der Waals surface area (Å²) in [6.07, 6.45) is 0. The van der Waals surface area contributed by atoms with Crippen LogP contribution in [0.15, 0.2) is 23.1 Å². The number of esters is 1. The lowest BCUT2D eigenvalue weighted by Gasteiger charge is -2.10. The van der Waals surface area contributed by atoms with Crippen molar-refractivity contribution in [3.05, 3.63) is 35.0 Å². The molecule has 4 heteroatoms. The average Bonchev–Trinajstić information content (AvgIpc) is 2.37. The number of carbonyl (C=O) groups excluding carboxylic acids is 1. The lowest BCUT2D eigenvalue weighted by molar-refractivity contribution is -0.139. The number of hydrogen-bond acceptors (Lipinski definition) is 4. The Hall–Kier alpha value is -1.55. The number of fused-ring (bicyclic) bond motifs is 1. The van der Waals surface area contributed by atoms with Gasteiger partial charge in [-0.15, -0.1) is 11.8 Å². The Morgan fingerprint density at radius 2 is 2.00 bits per heavy atom. The minimum absolute atomic E-state index is 0.176. The standard InChI is InChI=1S/C16H19NO2S/c1-5-19-15(18)9-20-14-8-12(4)17-16-11(3)6-10(2)7-13(14)16/h6-8H,5,9H2,1-4H3. The van der Waals surface area contributed by atoms with Gasteiger partial charge in [0.1, 0.15) is 0 Å². The van der Waals surface area contributed by atoms with E-state index in [1.807, 2.05) is 19.9 Å². The minimum atomic E-state index is -0.176. The molecule has 0 amide bonds. The van der Waals surface area contributed by atoms with Crippen LogP contribution in [-0.4, -0.2) is 23.3 Å². The molecule has 0 saturated carbocycles. The molecule has 0 fully saturated rings. The number of nitrogens with zero attached hydrogens (tertiary/aromatic N) is 1. The molecule has 2 aromatic rings. The summed E-state index contributed by atoms with van der Waals surface area (Å²) in [4.78, 5) is 17.2. The first-order valence-corrected chi connectivity index (χ1v) is 7.67. The molecule has 0 N–H and O–H groups in total. The van der Waals surface area contributed by atoms with Crippen LogP contribution in [0.25, 0.3) is 10.9 Å². The van der Waals surface area contributed by atoms with Crippen molar-refractivity contribution in [2.45, 2.75) is 32.6 Å². The van der Waals surface area contributed by atoms with Gasteiger partial charge in [-0.2, -0.15) is 0 Å². The molecule has 0 spiro atoms. The number of pyridine rings is 1. The van der Waals surface area contributed by atoms with Gasteiger partial charge in [0.05, 0.1) is 17.9 Å². The smallest absolute Gasteiger partial charge is 0.316 e. The maximum absolute atomic E-state index is 11.5. The number of ether oxygens (including phenoxy) is 1. The Bertz CT molecular complexity index is 652. The molecular formula is C16H19NO2S. The number of aromatic nitrogens is 1. The SMILES string of the molecule is CCOC(=O)CSc1cc(C)nc2c(C)cc(C)cc12. The van der Waals surface area contributed by atoms with Crippen LogP contribution in [0.4, 0.5) is 0 Å². The molecule has 0 radical (unpaired) electrons. The summed E-state index contributed by atoms with van der Waals surface area (Å²) in [5, 5.41) is 1.11. The first-order chi connectivity index (χ1) is 9.51. The molecule has 0 unspecified atom stereocenters. The average molecular weight is 289 g/mol. The van der Waals surface area contributed by atoms with Crippen molar-refractivity contribution in [2.75, 3.05) is 12.4 Å². The Kier molecular flexibility index (Phi) is 4.65. The molecule has 1 aromatic heterocycles. The second-order valence-corrected chi connectivity index (χ2v) is 5.85. The molecule has 0 saturated heterocycles. The van der Waals surface area contributed by atoms with E-state index in [1.54, 1.807) is 0 Å². The van der Waals surface area contributed by atoms with Crippen LogP contribution in [0.2, 0.25) is 0 Å². The highest BCUT2D eigenvalue weighted by Crippen LogP contribution is 2.30. The summed E-state index contributed by atoms with van der Waals surface area (Å²) in [5.41, 5.74) is 4.36. The highest BCUT2D eigenvalue weighted by molar-refractivity contribution is 8.00. The van der Waals surface area contributed by atoms with Crippen molar-refractivity contribution >= 4 is 28.6 Å². The normalized spacial score (nSPS) is 10.8.